The van der Waals surface area contributed by atoms with E-state index in [0.717, 1.165) is 5.54 Å². The van der Waals surface area contributed by atoms with Crippen molar-refractivity contribution in [3.63, 3.8) is 0 Å². The summed E-state index contributed by atoms with van der Waals surface area (Å²) < 4.78 is 11.2. The molecule has 0 atom stereocenters. The summed E-state index contributed by atoms with van der Waals surface area (Å²) in [5.74, 6) is 0. The van der Waals surface area contributed by atoms with Crippen LogP contribution in [0, 0.1) is 0 Å². The Morgan fingerprint density at radius 3 is 2.25 bits per heavy atom. The fourth-order valence-electron chi connectivity index (χ4n) is 1.70. The van der Waals surface area contributed by atoms with Gasteiger partial charge in [0, 0.05) is 18.8 Å². The van der Waals surface area contributed by atoms with E-state index >= 15 is 0 Å². The van der Waals surface area contributed by atoms with Gasteiger partial charge in [0.15, 0.2) is 0 Å². The average Bonchev–Trinajstić information content (AvgIpc) is 2.51. The Labute approximate surface area is 77.1 Å². The molecule has 0 aromatic carbocycles. The van der Waals surface area contributed by atoms with Gasteiger partial charge in [0.05, 0.1) is 0 Å². The van der Waals surface area contributed by atoms with Gasteiger partial charge >= 0.3 is 9.28 Å². The molecule has 12 heavy (non-hydrogen) atoms. The lowest BCUT2D eigenvalue weighted by Gasteiger charge is -2.20. The molecule has 1 fully saturated rings. The van der Waals surface area contributed by atoms with E-state index in [0.29, 0.717) is 6.10 Å². The van der Waals surface area contributed by atoms with Crippen LogP contribution in [0.3, 0.4) is 0 Å². The second-order valence-electron chi connectivity index (χ2n) is 3.67. The van der Waals surface area contributed by atoms with Crippen molar-refractivity contribution in [2.45, 2.75) is 51.2 Å². The molecule has 0 bridgehead atoms. The van der Waals surface area contributed by atoms with Gasteiger partial charge in [0.1, 0.15) is 0 Å². The zero-order chi connectivity index (χ0) is 8.97. The predicted molar refractivity (Wildman–Crippen MR) is 51.2 cm³/mol. The van der Waals surface area contributed by atoms with Crippen molar-refractivity contribution < 1.29 is 8.85 Å². The minimum Gasteiger partial charge on any atom is -0.397 e. The van der Waals surface area contributed by atoms with Gasteiger partial charge in [0.25, 0.3) is 0 Å². The Morgan fingerprint density at radius 1 is 1.25 bits per heavy atom. The van der Waals surface area contributed by atoms with Crippen molar-refractivity contribution in [1.82, 2.24) is 0 Å². The summed E-state index contributed by atoms with van der Waals surface area (Å²) in [6, 6.07) is 0. The third-order valence-corrected chi connectivity index (χ3v) is 4.59. The zero-order valence-corrected chi connectivity index (χ0v) is 9.30. The Balaban J connectivity index is 2.32. The first-order valence-electron chi connectivity index (χ1n) is 4.81. The second kappa shape index (κ2) is 4.99. The maximum absolute atomic E-state index is 5.76. The molecule has 71 valence electrons. The third kappa shape index (κ3) is 2.88. The van der Waals surface area contributed by atoms with Crippen molar-refractivity contribution in [3.8, 4) is 0 Å². The van der Waals surface area contributed by atoms with Gasteiger partial charge in [-0.05, 0) is 26.7 Å². The summed E-state index contributed by atoms with van der Waals surface area (Å²) in [5.41, 5.74) is 0.738. The van der Waals surface area contributed by atoms with Crippen LogP contribution in [-0.4, -0.2) is 22.5 Å². The van der Waals surface area contributed by atoms with Crippen molar-refractivity contribution in [2.75, 3.05) is 7.11 Å². The standard InChI is InChI=1S/C9H19O2Si/c1-8(2)11-12(10-3)9-6-4-5-7-9/h8-9H,4-7H2,1-3H3. The first-order valence-corrected chi connectivity index (χ1v) is 6.21. The normalized spacial score (nSPS) is 19.8. The lowest BCUT2D eigenvalue weighted by molar-refractivity contribution is 0.171. The summed E-state index contributed by atoms with van der Waals surface area (Å²) in [7, 11) is 0.826. The Morgan fingerprint density at radius 2 is 1.83 bits per heavy atom. The van der Waals surface area contributed by atoms with Crippen LogP contribution in [0.15, 0.2) is 0 Å². The Bertz CT molecular complexity index is 122. The number of rotatable bonds is 4. The van der Waals surface area contributed by atoms with Crippen molar-refractivity contribution in [3.05, 3.63) is 0 Å². The Hall–Kier alpha value is 0.137. The lowest BCUT2D eigenvalue weighted by Crippen LogP contribution is -2.29. The highest BCUT2D eigenvalue weighted by Gasteiger charge is 2.30. The molecule has 0 N–H and O–H groups in total. The smallest absolute Gasteiger partial charge is 0.387 e. The minimum absolute atomic E-state index is 0.319. The summed E-state index contributed by atoms with van der Waals surface area (Å²) in [6.45, 7) is 4.16. The highest BCUT2D eigenvalue weighted by molar-refractivity contribution is 6.46. The molecule has 0 saturated heterocycles. The van der Waals surface area contributed by atoms with E-state index in [9.17, 15) is 0 Å². The van der Waals surface area contributed by atoms with Crippen molar-refractivity contribution in [1.29, 1.82) is 0 Å². The second-order valence-corrected chi connectivity index (χ2v) is 5.77. The van der Waals surface area contributed by atoms with E-state index in [1.165, 1.54) is 25.7 Å². The van der Waals surface area contributed by atoms with E-state index in [1.807, 2.05) is 0 Å². The quantitative estimate of drug-likeness (QED) is 0.630. The van der Waals surface area contributed by atoms with Crippen LogP contribution < -0.4 is 0 Å². The molecule has 2 nitrogen and oxygen atoms in total. The van der Waals surface area contributed by atoms with Crippen LogP contribution in [0.25, 0.3) is 0 Å². The summed E-state index contributed by atoms with van der Waals surface area (Å²) in [6.07, 6.45) is 5.68. The highest BCUT2D eigenvalue weighted by atomic mass is 28.3. The van der Waals surface area contributed by atoms with Gasteiger partial charge < -0.3 is 8.85 Å². The minimum atomic E-state index is -0.961. The molecule has 0 unspecified atom stereocenters. The molecule has 0 amide bonds. The molecule has 0 aliphatic heterocycles. The van der Waals surface area contributed by atoms with E-state index in [2.05, 4.69) is 13.8 Å². The molecule has 1 aliphatic carbocycles. The van der Waals surface area contributed by atoms with Crippen LogP contribution in [0.4, 0.5) is 0 Å². The summed E-state index contributed by atoms with van der Waals surface area (Å²) >= 11 is 0. The van der Waals surface area contributed by atoms with Gasteiger partial charge in [-0.1, -0.05) is 12.8 Å². The molecule has 0 aromatic rings. The first kappa shape index (κ1) is 10.2. The van der Waals surface area contributed by atoms with Gasteiger partial charge in [-0.3, -0.25) is 0 Å². The molecule has 1 aliphatic rings. The molecular weight excluding hydrogens is 168 g/mol. The molecule has 3 heteroatoms. The number of hydrogen-bond donors (Lipinski definition) is 0. The van der Waals surface area contributed by atoms with Gasteiger partial charge in [-0.25, -0.2) is 0 Å². The lowest BCUT2D eigenvalue weighted by atomic mass is 10.4. The van der Waals surface area contributed by atoms with Crippen LogP contribution in [0.2, 0.25) is 5.54 Å². The average molecular weight is 187 g/mol. The third-order valence-electron chi connectivity index (χ3n) is 2.24. The maximum atomic E-state index is 5.76. The van der Waals surface area contributed by atoms with Gasteiger partial charge in [0.2, 0.25) is 0 Å². The molecule has 1 saturated carbocycles. The van der Waals surface area contributed by atoms with Crippen molar-refractivity contribution >= 4 is 9.28 Å². The van der Waals surface area contributed by atoms with Crippen LogP contribution in [0.1, 0.15) is 39.5 Å². The molecule has 0 spiro atoms. The van der Waals surface area contributed by atoms with E-state index in [4.69, 9.17) is 8.85 Å². The van der Waals surface area contributed by atoms with Crippen LogP contribution in [0.5, 0.6) is 0 Å². The van der Waals surface area contributed by atoms with E-state index in [1.54, 1.807) is 7.11 Å². The molecule has 0 aromatic heterocycles. The largest absolute Gasteiger partial charge is 0.397 e. The first-order chi connectivity index (χ1) is 5.74. The van der Waals surface area contributed by atoms with Gasteiger partial charge in [-0.15, -0.1) is 0 Å². The molecule has 1 rings (SSSR count). The molecule has 1 radical (unpaired) electrons. The SMILES string of the molecule is CO[Si](OC(C)C)C1CCCC1. The van der Waals surface area contributed by atoms with Crippen LogP contribution in [-0.2, 0) is 8.85 Å². The Kier molecular flexibility index (Phi) is 4.25. The highest BCUT2D eigenvalue weighted by Crippen LogP contribution is 2.33. The van der Waals surface area contributed by atoms with Crippen LogP contribution >= 0.6 is 0 Å². The fourth-order valence-corrected chi connectivity index (χ4v) is 3.67. The number of hydrogen-bond acceptors (Lipinski definition) is 2. The van der Waals surface area contributed by atoms with E-state index < -0.39 is 9.28 Å². The maximum Gasteiger partial charge on any atom is 0.387 e. The van der Waals surface area contributed by atoms with Crippen molar-refractivity contribution in [2.24, 2.45) is 0 Å². The van der Waals surface area contributed by atoms with E-state index in [-0.39, 0.29) is 0 Å². The predicted octanol–water partition coefficient (Wildman–Crippen LogP) is 2.49. The molecule has 0 heterocycles. The zero-order valence-electron chi connectivity index (χ0n) is 8.30. The van der Waals surface area contributed by atoms with Gasteiger partial charge in [-0.2, -0.15) is 0 Å². The topological polar surface area (TPSA) is 18.5 Å². The monoisotopic (exact) mass is 187 g/mol. The summed E-state index contributed by atoms with van der Waals surface area (Å²) in [5, 5.41) is 0. The fraction of sp³-hybridized carbons (Fsp3) is 1.00. The summed E-state index contributed by atoms with van der Waals surface area (Å²) in [4.78, 5) is 0. The molecular formula is C9H19O2Si.